The molecule has 2 N–H and O–H groups in total. The van der Waals surface area contributed by atoms with E-state index in [4.69, 9.17) is 4.42 Å². The second-order valence-electron chi connectivity index (χ2n) is 4.90. The van der Waals surface area contributed by atoms with E-state index in [0.717, 1.165) is 37.7 Å². The summed E-state index contributed by atoms with van der Waals surface area (Å²) in [7, 11) is 0. The molecule has 0 bridgehead atoms. The van der Waals surface area contributed by atoms with Crippen LogP contribution < -0.4 is 10.6 Å². The summed E-state index contributed by atoms with van der Waals surface area (Å²) in [6.45, 7) is 8.50. The zero-order chi connectivity index (χ0) is 11.4. The number of aryl methyl sites for hydroxylation is 1. The van der Waals surface area contributed by atoms with Crippen LogP contribution in [0.4, 0.5) is 0 Å². The average molecular weight is 222 g/mol. The lowest BCUT2D eigenvalue weighted by atomic mass is 9.84. The van der Waals surface area contributed by atoms with E-state index in [-0.39, 0.29) is 0 Å². The van der Waals surface area contributed by atoms with Gasteiger partial charge < -0.3 is 15.1 Å². The van der Waals surface area contributed by atoms with Crippen LogP contribution in [0, 0.1) is 12.3 Å². The predicted octanol–water partition coefficient (Wildman–Crippen LogP) is 2.07. The first-order valence-electron chi connectivity index (χ1n) is 6.21. The first kappa shape index (κ1) is 11.7. The molecule has 2 heterocycles. The Balaban J connectivity index is 1.78. The minimum atomic E-state index is 0.460. The van der Waals surface area contributed by atoms with Gasteiger partial charge in [0.2, 0.25) is 0 Å². The van der Waals surface area contributed by atoms with Gasteiger partial charge in [-0.1, -0.05) is 6.92 Å². The van der Waals surface area contributed by atoms with Crippen LogP contribution in [0.5, 0.6) is 0 Å². The minimum Gasteiger partial charge on any atom is -0.465 e. The van der Waals surface area contributed by atoms with Gasteiger partial charge in [0.1, 0.15) is 11.5 Å². The van der Waals surface area contributed by atoms with Crippen molar-refractivity contribution in [3.8, 4) is 0 Å². The van der Waals surface area contributed by atoms with E-state index in [0.29, 0.717) is 5.41 Å². The molecule has 0 radical (unpaired) electrons. The molecule has 1 fully saturated rings. The molecule has 0 aliphatic carbocycles. The fraction of sp³-hybridized carbons (Fsp3) is 0.692. The summed E-state index contributed by atoms with van der Waals surface area (Å²) in [4.78, 5) is 0. The Labute approximate surface area is 97.6 Å². The van der Waals surface area contributed by atoms with Gasteiger partial charge in [0, 0.05) is 13.1 Å². The van der Waals surface area contributed by atoms with E-state index >= 15 is 0 Å². The van der Waals surface area contributed by atoms with Crippen LogP contribution in [0.15, 0.2) is 16.5 Å². The van der Waals surface area contributed by atoms with Crippen molar-refractivity contribution in [3.05, 3.63) is 23.7 Å². The van der Waals surface area contributed by atoms with E-state index in [2.05, 4.69) is 17.6 Å². The summed E-state index contributed by atoms with van der Waals surface area (Å²) in [5.74, 6) is 2.03. The molecule has 3 heteroatoms. The average Bonchev–Trinajstić information content (AvgIpc) is 2.89. The maximum absolute atomic E-state index is 5.54. The number of furan rings is 1. The molecule has 1 saturated heterocycles. The summed E-state index contributed by atoms with van der Waals surface area (Å²) in [5.41, 5.74) is 0.460. The third-order valence-corrected chi connectivity index (χ3v) is 3.68. The second kappa shape index (κ2) is 5.02. The predicted molar refractivity (Wildman–Crippen MR) is 65.4 cm³/mol. The van der Waals surface area contributed by atoms with Gasteiger partial charge in [-0.3, -0.25) is 0 Å². The van der Waals surface area contributed by atoms with Gasteiger partial charge in [-0.2, -0.15) is 0 Å². The minimum absolute atomic E-state index is 0.460. The monoisotopic (exact) mass is 222 g/mol. The SMILES string of the molecule is CCC1(CNCc2ccc(C)o2)CCNC1. The molecule has 1 aromatic heterocycles. The molecule has 1 aliphatic heterocycles. The Morgan fingerprint density at radius 2 is 2.38 bits per heavy atom. The molecule has 0 spiro atoms. The molecule has 0 aromatic carbocycles. The Hall–Kier alpha value is -0.800. The molecule has 1 atom stereocenters. The summed E-state index contributed by atoms with van der Waals surface area (Å²) in [5, 5.41) is 6.97. The van der Waals surface area contributed by atoms with Crippen LogP contribution in [-0.4, -0.2) is 19.6 Å². The van der Waals surface area contributed by atoms with E-state index in [9.17, 15) is 0 Å². The van der Waals surface area contributed by atoms with Gasteiger partial charge in [-0.25, -0.2) is 0 Å². The lowest BCUT2D eigenvalue weighted by Gasteiger charge is -2.26. The quantitative estimate of drug-likeness (QED) is 0.801. The zero-order valence-corrected chi connectivity index (χ0v) is 10.3. The standard InChI is InChI=1S/C13H22N2O/c1-3-13(6-7-14-9-13)10-15-8-12-5-4-11(2)16-12/h4-5,14-15H,3,6-10H2,1-2H3. The fourth-order valence-electron chi connectivity index (χ4n) is 2.40. The van der Waals surface area contributed by atoms with Gasteiger partial charge in [-0.15, -0.1) is 0 Å². The first-order chi connectivity index (χ1) is 7.74. The van der Waals surface area contributed by atoms with Crippen LogP contribution in [0.3, 0.4) is 0 Å². The highest BCUT2D eigenvalue weighted by Crippen LogP contribution is 2.28. The molecule has 0 saturated carbocycles. The van der Waals surface area contributed by atoms with Crippen molar-refractivity contribution < 1.29 is 4.42 Å². The fourth-order valence-corrected chi connectivity index (χ4v) is 2.40. The van der Waals surface area contributed by atoms with E-state index in [1.807, 2.05) is 19.1 Å². The number of hydrogen-bond donors (Lipinski definition) is 2. The second-order valence-corrected chi connectivity index (χ2v) is 4.90. The van der Waals surface area contributed by atoms with Crippen LogP contribution in [-0.2, 0) is 6.54 Å². The van der Waals surface area contributed by atoms with Gasteiger partial charge in [0.15, 0.2) is 0 Å². The van der Waals surface area contributed by atoms with Gasteiger partial charge in [0.25, 0.3) is 0 Å². The smallest absolute Gasteiger partial charge is 0.117 e. The Kier molecular flexibility index (Phi) is 3.66. The summed E-state index contributed by atoms with van der Waals surface area (Å²) in [6, 6.07) is 4.07. The molecule has 3 nitrogen and oxygen atoms in total. The van der Waals surface area contributed by atoms with Gasteiger partial charge in [-0.05, 0) is 43.9 Å². The Bertz CT molecular complexity index is 326. The topological polar surface area (TPSA) is 37.2 Å². The lowest BCUT2D eigenvalue weighted by molar-refractivity contribution is 0.286. The zero-order valence-electron chi connectivity index (χ0n) is 10.3. The van der Waals surface area contributed by atoms with Crippen LogP contribution >= 0.6 is 0 Å². The molecule has 1 unspecified atom stereocenters. The molecular weight excluding hydrogens is 200 g/mol. The summed E-state index contributed by atoms with van der Waals surface area (Å²) < 4.78 is 5.54. The van der Waals surface area contributed by atoms with Crippen LogP contribution in [0.25, 0.3) is 0 Å². The number of nitrogens with one attached hydrogen (secondary N) is 2. The normalized spacial score (nSPS) is 25.1. The number of rotatable bonds is 5. The molecule has 2 rings (SSSR count). The number of hydrogen-bond acceptors (Lipinski definition) is 3. The van der Waals surface area contributed by atoms with Crippen molar-refractivity contribution in [1.82, 2.24) is 10.6 Å². The van der Waals surface area contributed by atoms with Crippen molar-refractivity contribution in [2.24, 2.45) is 5.41 Å². The molecule has 90 valence electrons. The van der Waals surface area contributed by atoms with Crippen LogP contribution in [0.1, 0.15) is 31.3 Å². The summed E-state index contributed by atoms with van der Waals surface area (Å²) >= 11 is 0. The Morgan fingerprint density at radius 1 is 1.50 bits per heavy atom. The maximum atomic E-state index is 5.54. The van der Waals surface area contributed by atoms with Crippen LogP contribution in [0.2, 0.25) is 0 Å². The summed E-state index contributed by atoms with van der Waals surface area (Å²) in [6.07, 6.45) is 2.53. The maximum Gasteiger partial charge on any atom is 0.117 e. The molecule has 1 aliphatic rings. The third kappa shape index (κ3) is 2.66. The van der Waals surface area contributed by atoms with Crippen molar-refractivity contribution >= 4 is 0 Å². The van der Waals surface area contributed by atoms with Gasteiger partial charge >= 0.3 is 0 Å². The Morgan fingerprint density at radius 3 is 2.94 bits per heavy atom. The van der Waals surface area contributed by atoms with Crippen molar-refractivity contribution in [1.29, 1.82) is 0 Å². The molecule has 0 amide bonds. The highest BCUT2D eigenvalue weighted by molar-refractivity contribution is 5.05. The van der Waals surface area contributed by atoms with Crippen molar-refractivity contribution in [3.63, 3.8) is 0 Å². The van der Waals surface area contributed by atoms with E-state index in [1.165, 1.54) is 12.8 Å². The molecule has 1 aromatic rings. The lowest BCUT2D eigenvalue weighted by Crippen LogP contribution is -2.35. The third-order valence-electron chi connectivity index (χ3n) is 3.68. The van der Waals surface area contributed by atoms with Crippen molar-refractivity contribution in [2.45, 2.75) is 33.2 Å². The van der Waals surface area contributed by atoms with E-state index < -0.39 is 0 Å². The largest absolute Gasteiger partial charge is 0.465 e. The molecular formula is C13H22N2O. The first-order valence-corrected chi connectivity index (χ1v) is 6.21. The van der Waals surface area contributed by atoms with Crippen molar-refractivity contribution in [2.75, 3.05) is 19.6 Å². The molecule has 16 heavy (non-hydrogen) atoms. The highest BCUT2D eigenvalue weighted by atomic mass is 16.3. The van der Waals surface area contributed by atoms with Gasteiger partial charge in [0.05, 0.1) is 6.54 Å². The van der Waals surface area contributed by atoms with E-state index in [1.54, 1.807) is 0 Å². The highest BCUT2D eigenvalue weighted by Gasteiger charge is 2.31.